The Bertz CT molecular complexity index is 235. The molecule has 0 aliphatic heterocycles. The molecular weight excluding hydrogens is 196 g/mol. The summed E-state index contributed by atoms with van der Waals surface area (Å²) in [6.07, 6.45) is 1.84. The second-order valence-corrected chi connectivity index (χ2v) is 2.99. The molecule has 0 aliphatic carbocycles. The van der Waals surface area contributed by atoms with E-state index in [9.17, 15) is 9.59 Å². The number of amides is 1. The SMILES string of the molecule is CCN(CC)CCNC(=O)/C=C\C(=O)O. The van der Waals surface area contributed by atoms with Gasteiger partial charge < -0.3 is 15.3 Å². The topological polar surface area (TPSA) is 69.6 Å². The zero-order valence-corrected chi connectivity index (χ0v) is 9.19. The number of likely N-dealkylation sites (N-methyl/N-ethyl adjacent to an activating group) is 1. The molecule has 0 aromatic heterocycles. The first kappa shape index (κ1) is 13.6. The molecule has 0 aromatic carbocycles. The molecule has 0 rings (SSSR count). The second-order valence-electron chi connectivity index (χ2n) is 2.99. The first-order valence-electron chi connectivity index (χ1n) is 5.01. The molecular formula is C10H18N2O3. The van der Waals surface area contributed by atoms with Crippen LogP contribution in [0.2, 0.25) is 0 Å². The highest BCUT2D eigenvalue weighted by Crippen LogP contribution is 1.84. The Balaban J connectivity index is 3.67. The number of nitrogens with zero attached hydrogens (tertiary/aromatic N) is 1. The Labute approximate surface area is 89.8 Å². The van der Waals surface area contributed by atoms with Gasteiger partial charge in [-0.3, -0.25) is 4.79 Å². The van der Waals surface area contributed by atoms with Gasteiger partial charge in [0.05, 0.1) is 0 Å². The molecule has 0 bridgehead atoms. The van der Waals surface area contributed by atoms with Crippen LogP contribution >= 0.6 is 0 Å². The van der Waals surface area contributed by atoms with E-state index in [0.29, 0.717) is 6.54 Å². The van der Waals surface area contributed by atoms with Gasteiger partial charge in [0.1, 0.15) is 0 Å². The number of nitrogens with one attached hydrogen (secondary N) is 1. The van der Waals surface area contributed by atoms with E-state index in [1.807, 2.05) is 0 Å². The zero-order chi connectivity index (χ0) is 11.7. The average molecular weight is 214 g/mol. The Morgan fingerprint density at radius 1 is 1.27 bits per heavy atom. The van der Waals surface area contributed by atoms with Crippen LogP contribution in [-0.2, 0) is 9.59 Å². The van der Waals surface area contributed by atoms with Crippen molar-refractivity contribution in [1.29, 1.82) is 0 Å². The molecule has 5 nitrogen and oxygen atoms in total. The van der Waals surface area contributed by atoms with Crippen molar-refractivity contribution in [2.45, 2.75) is 13.8 Å². The van der Waals surface area contributed by atoms with Crippen LogP contribution in [0.4, 0.5) is 0 Å². The molecule has 2 N–H and O–H groups in total. The minimum atomic E-state index is -1.12. The molecule has 1 amide bonds. The lowest BCUT2D eigenvalue weighted by Crippen LogP contribution is -2.34. The fourth-order valence-corrected chi connectivity index (χ4v) is 1.08. The second kappa shape index (κ2) is 7.99. The van der Waals surface area contributed by atoms with E-state index in [4.69, 9.17) is 5.11 Å². The van der Waals surface area contributed by atoms with E-state index in [1.165, 1.54) is 0 Å². The van der Waals surface area contributed by atoms with Crippen LogP contribution in [0.3, 0.4) is 0 Å². The maximum Gasteiger partial charge on any atom is 0.328 e. The minimum absolute atomic E-state index is 0.371. The van der Waals surface area contributed by atoms with Crippen LogP contribution in [0.25, 0.3) is 0 Å². The number of rotatable bonds is 7. The smallest absolute Gasteiger partial charge is 0.328 e. The van der Waals surface area contributed by atoms with Crippen molar-refractivity contribution in [3.8, 4) is 0 Å². The fraction of sp³-hybridized carbons (Fsp3) is 0.600. The van der Waals surface area contributed by atoms with Gasteiger partial charge in [0, 0.05) is 25.2 Å². The van der Waals surface area contributed by atoms with Crippen molar-refractivity contribution in [3.63, 3.8) is 0 Å². The van der Waals surface area contributed by atoms with Crippen LogP contribution in [0.1, 0.15) is 13.8 Å². The summed E-state index contributed by atoms with van der Waals surface area (Å²) >= 11 is 0. The van der Waals surface area contributed by atoms with Crippen molar-refractivity contribution < 1.29 is 14.7 Å². The number of carboxylic acid groups (broad SMARTS) is 1. The van der Waals surface area contributed by atoms with Crippen LogP contribution in [0.5, 0.6) is 0 Å². The predicted octanol–water partition coefficient (Wildman–Crippen LogP) is 0.0852. The van der Waals surface area contributed by atoms with Crippen molar-refractivity contribution in [2.24, 2.45) is 0 Å². The van der Waals surface area contributed by atoms with E-state index in [0.717, 1.165) is 31.8 Å². The summed E-state index contributed by atoms with van der Waals surface area (Å²) in [5.74, 6) is -1.49. The Kier molecular flexibility index (Phi) is 7.27. The van der Waals surface area contributed by atoms with Gasteiger partial charge in [0.2, 0.25) is 5.91 Å². The molecule has 0 fully saturated rings. The van der Waals surface area contributed by atoms with Gasteiger partial charge in [-0.15, -0.1) is 0 Å². The van der Waals surface area contributed by atoms with E-state index >= 15 is 0 Å². The highest BCUT2D eigenvalue weighted by molar-refractivity contribution is 5.93. The molecule has 0 saturated carbocycles. The molecule has 0 saturated heterocycles. The molecule has 0 aromatic rings. The summed E-state index contributed by atoms with van der Waals surface area (Å²) in [5, 5.41) is 10.9. The van der Waals surface area contributed by atoms with Gasteiger partial charge in [-0.05, 0) is 13.1 Å². The Hall–Kier alpha value is -1.36. The first-order valence-corrected chi connectivity index (χ1v) is 5.01. The normalized spacial score (nSPS) is 10.9. The maximum atomic E-state index is 11.0. The standard InChI is InChI=1S/C10H18N2O3/c1-3-12(4-2)8-7-11-9(13)5-6-10(14)15/h5-6H,3-4,7-8H2,1-2H3,(H,11,13)(H,14,15)/b6-5-. The van der Waals surface area contributed by atoms with Gasteiger partial charge in [0.25, 0.3) is 0 Å². The van der Waals surface area contributed by atoms with Gasteiger partial charge in [-0.1, -0.05) is 13.8 Å². The van der Waals surface area contributed by atoms with E-state index in [1.54, 1.807) is 0 Å². The molecule has 0 atom stereocenters. The molecule has 5 heteroatoms. The highest BCUT2D eigenvalue weighted by atomic mass is 16.4. The lowest BCUT2D eigenvalue weighted by atomic mass is 10.4. The summed E-state index contributed by atoms with van der Waals surface area (Å²) < 4.78 is 0. The van der Waals surface area contributed by atoms with Gasteiger partial charge in [-0.25, -0.2) is 4.79 Å². The van der Waals surface area contributed by atoms with Crippen molar-refractivity contribution in [3.05, 3.63) is 12.2 Å². The zero-order valence-electron chi connectivity index (χ0n) is 9.19. The maximum absolute atomic E-state index is 11.0. The first-order chi connectivity index (χ1) is 7.10. The van der Waals surface area contributed by atoms with Crippen LogP contribution in [0, 0.1) is 0 Å². The summed E-state index contributed by atoms with van der Waals surface area (Å²) in [6, 6.07) is 0. The third kappa shape index (κ3) is 7.69. The largest absolute Gasteiger partial charge is 0.478 e. The molecule has 0 heterocycles. The number of carbonyl (C=O) groups excluding carboxylic acids is 1. The summed E-state index contributed by atoms with van der Waals surface area (Å²) in [6.45, 7) is 7.30. The molecule has 0 unspecified atom stereocenters. The Morgan fingerprint density at radius 3 is 2.33 bits per heavy atom. The number of hydrogen-bond donors (Lipinski definition) is 2. The third-order valence-corrected chi connectivity index (χ3v) is 2.00. The van der Waals surface area contributed by atoms with Crippen LogP contribution < -0.4 is 5.32 Å². The minimum Gasteiger partial charge on any atom is -0.478 e. The molecule has 0 aliphatic rings. The molecule has 0 spiro atoms. The van der Waals surface area contributed by atoms with Gasteiger partial charge in [0.15, 0.2) is 0 Å². The summed E-state index contributed by atoms with van der Waals surface area (Å²) in [5.41, 5.74) is 0. The van der Waals surface area contributed by atoms with Crippen LogP contribution in [0.15, 0.2) is 12.2 Å². The number of carbonyl (C=O) groups is 2. The monoisotopic (exact) mass is 214 g/mol. The molecule has 86 valence electrons. The Morgan fingerprint density at radius 2 is 1.87 bits per heavy atom. The van der Waals surface area contributed by atoms with Crippen molar-refractivity contribution in [1.82, 2.24) is 10.2 Å². The van der Waals surface area contributed by atoms with Crippen molar-refractivity contribution >= 4 is 11.9 Å². The van der Waals surface area contributed by atoms with Gasteiger partial charge >= 0.3 is 5.97 Å². The fourth-order valence-electron chi connectivity index (χ4n) is 1.08. The van der Waals surface area contributed by atoms with E-state index in [2.05, 4.69) is 24.1 Å². The third-order valence-electron chi connectivity index (χ3n) is 2.00. The van der Waals surface area contributed by atoms with E-state index in [-0.39, 0.29) is 5.91 Å². The number of aliphatic carboxylic acids is 1. The van der Waals surface area contributed by atoms with Crippen molar-refractivity contribution in [2.75, 3.05) is 26.2 Å². The summed E-state index contributed by atoms with van der Waals surface area (Å²) in [4.78, 5) is 23.3. The average Bonchev–Trinajstić information content (AvgIpc) is 2.21. The lowest BCUT2D eigenvalue weighted by molar-refractivity contribution is -0.131. The predicted molar refractivity (Wildman–Crippen MR) is 57.6 cm³/mol. The quantitative estimate of drug-likeness (QED) is 0.589. The summed E-state index contributed by atoms with van der Waals surface area (Å²) in [7, 11) is 0. The molecule has 15 heavy (non-hydrogen) atoms. The number of hydrogen-bond acceptors (Lipinski definition) is 3. The van der Waals surface area contributed by atoms with Gasteiger partial charge in [-0.2, -0.15) is 0 Å². The number of carboxylic acids is 1. The highest BCUT2D eigenvalue weighted by Gasteiger charge is 2.00. The van der Waals surface area contributed by atoms with E-state index < -0.39 is 5.97 Å². The molecule has 0 radical (unpaired) electrons. The van der Waals surface area contributed by atoms with Crippen LogP contribution in [-0.4, -0.2) is 48.1 Å². The lowest BCUT2D eigenvalue weighted by Gasteiger charge is -2.17.